The van der Waals surface area contributed by atoms with Gasteiger partial charge in [-0.3, -0.25) is 0 Å². The maximum atomic E-state index is 12.0. The summed E-state index contributed by atoms with van der Waals surface area (Å²) in [7, 11) is 0. The van der Waals surface area contributed by atoms with Gasteiger partial charge < -0.3 is 20.0 Å². The molecule has 1 amide bonds. The quantitative estimate of drug-likeness (QED) is 0.637. The summed E-state index contributed by atoms with van der Waals surface area (Å²) in [6, 6.07) is 16.5. The van der Waals surface area contributed by atoms with Gasteiger partial charge in [-0.05, 0) is 35.6 Å². The molecule has 0 aliphatic rings. The van der Waals surface area contributed by atoms with Crippen molar-refractivity contribution in [3.8, 4) is 0 Å². The van der Waals surface area contributed by atoms with Crippen LogP contribution < -0.4 is 5.32 Å². The molecule has 0 bridgehead atoms. The lowest BCUT2D eigenvalue weighted by Gasteiger charge is -2.34. The van der Waals surface area contributed by atoms with Gasteiger partial charge in [0.05, 0.1) is 12.0 Å². The van der Waals surface area contributed by atoms with E-state index in [4.69, 9.17) is 16.3 Å². The molecule has 2 atom stereocenters. The second kappa shape index (κ2) is 10.1. The van der Waals surface area contributed by atoms with E-state index in [9.17, 15) is 14.7 Å². The monoisotopic (exact) mass is 389 g/mol. The Labute approximate surface area is 164 Å². The predicted octanol–water partition coefficient (Wildman–Crippen LogP) is 3.94. The lowest BCUT2D eigenvalue weighted by molar-refractivity contribution is -0.119. The van der Waals surface area contributed by atoms with Gasteiger partial charge in [0.2, 0.25) is 0 Å². The molecule has 0 aliphatic carbocycles. The van der Waals surface area contributed by atoms with Crippen molar-refractivity contribution in [2.24, 2.45) is 5.41 Å². The fourth-order valence-electron chi connectivity index (χ4n) is 3.16. The molecular weight excluding hydrogens is 366 g/mol. The number of hydrogen-bond donors (Lipinski definition) is 2. The maximum Gasteiger partial charge on any atom is 0.407 e. The van der Waals surface area contributed by atoms with Crippen molar-refractivity contribution in [1.29, 1.82) is 0 Å². The zero-order chi connectivity index (χ0) is 19.7. The van der Waals surface area contributed by atoms with Gasteiger partial charge >= 0.3 is 6.09 Å². The number of aldehydes is 1. The number of ether oxygens (including phenoxy) is 1. The molecule has 0 unspecified atom stereocenters. The Hall–Kier alpha value is -2.37. The number of carbonyl (C=O) groups excluding carboxylic acids is 2. The van der Waals surface area contributed by atoms with E-state index in [0.717, 1.165) is 11.1 Å². The Balaban J connectivity index is 2.06. The number of carbonyl (C=O) groups is 2. The smallest absolute Gasteiger partial charge is 0.407 e. The van der Waals surface area contributed by atoms with Crippen LogP contribution in [-0.4, -0.2) is 30.6 Å². The van der Waals surface area contributed by atoms with Crippen LogP contribution in [0.3, 0.4) is 0 Å². The first kappa shape index (κ1) is 20.9. The van der Waals surface area contributed by atoms with Crippen molar-refractivity contribution in [2.45, 2.75) is 25.9 Å². The summed E-state index contributed by atoms with van der Waals surface area (Å²) >= 11 is 6.07. The third-order valence-electron chi connectivity index (χ3n) is 4.66. The molecule has 0 fully saturated rings. The van der Waals surface area contributed by atoms with Gasteiger partial charge in [0.15, 0.2) is 0 Å². The SMILES string of the molecule is CC[C@@H](c1cccc(Cl)c1)[C@@](C=O)(CO)CNC(=O)OCc1ccccc1. The molecular formula is C21H24ClNO4. The van der Waals surface area contributed by atoms with Crippen LogP contribution in [0, 0.1) is 5.41 Å². The van der Waals surface area contributed by atoms with Crippen molar-refractivity contribution in [1.82, 2.24) is 5.32 Å². The molecule has 144 valence electrons. The number of benzene rings is 2. The zero-order valence-electron chi connectivity index (χ0n) is 15.2. The van der Waals surface area contributed by atoms with Crippen LogP contribution in [0.5, 0.6) is 0 Å². The van der Waals surface area contributed by atoms with Crippen molar-refractivity contribution < 1.29 is 19.4 Å². The highest BCUT2D eigenvalue weighted by atomic mass is 35.5. The van der Waals surface area contributed by atoms with Crippen LogP contribution in [0.15, 0.2) is 54.6 Å². The van der Waals surface area contributed by atoms with E-state index in [1.807, 2.05) is 43.3 Å². The van der Waals surface area contributed by atoms with Crippen LogP contribution >= 0.6 is 11.6 Å². The van der Waals surface area contributed by atoms with Gasteiger partial charge in [-0.25, -0.2) is 4.79 Å². The molecule has 0 aromatic heterocycles. The van der Waals surface area contributed by atoms with Crippen molar-refractivity contribution in [3.63, 3.8) is 0 Å². The number of amides is 1. The number of rotatable bonds is 9. The van der Waals surface area contributed by atoms with E-state index in [0.29, 0.717) is 17.7 Å². The molecule has 0 heterocycles. The third kappa shape index (κ3) is 5.55. The summed E-state index contributed by atoms with van der Waals surface area (Å²) in [6.45, 7) is 1.62. The molecule has 27 heavy (non-hydrogen) atoms. The number of aliphatic hydroxyl groups is 1. The van der Waals surface area contributed by atoms with Gasteiger partial charge in [0, 0.05) is 11.6 Å². The molecule has 2 rings (SSSR count). The van der Waals surface area contributed by atoms with Crippen LogP contribution in [0.25, 0.3) is 0 Å². The van der Waals surface area contributed by atoms with Crippen molar-refractivity contribution >= 4 is 24.0 Å². The summed E-state index contributed by atoms with van der Waals surface area (Å²) in [6.07, 6.45) is 0.666. The normalized spacial score (nSPS) is 14.0. The van der Waals surface area contributed by atoms with Gasteiger partial charge in [-0.2, -0.15) is 0 Å². The first-order chi connectivity index (χ1) is 13.0. The molecule has 5 nitrogen and oxygen atoms in total. The summed E-state index contributed by atoms with van der Waals surface area (Å²) in [5.41, 5.74) is 0.540. The van der Waals surface area contributed by atoms with E-state index >= 15 is 0 Å². The number of alkyl carbamates (subject to hydrolysis) is 1. The highest BCUT2D eigenvalue weighted by Gasteiger charge is 2.39. The predicted molar refractivity (Wildman–Crippen MR) is 105 cm³/mol. The molecule has 0 saturated heterocycles. The highest BCUT2D eigenvalue weighted by Crippen LogP contribution is 2.37. The Morgan fingerprint density at radius 3 is 2.59 bits per heavy atom. The lowest BCUT2D eigenvalue weighted by Crippen LogP contribution is -2.45. The number of halogens is 1. The van der Waals surface area contributed by atoms with E-state index < -0.39 is 18.1 Å². The first-order valence-corrected chi connectivity index (χ1v) is 9.19. The fourth-order valence-corrected chi connectivity index (χ4v) is 3.36. The summed E-state index contributed by atoms with van der Waals surface area (Å²) in [4.78, 5) is 24.0. The Bertz CT molecular complexity index is 753. The Morgan fingerprint density at radius 2 is 2.00 bits per heavy atom. The number of aliphatic hydroxyl groups excluding tert-OH is 1. The average Bonchev–Trinajstić information content (AvgIpc) is 2.70. The molecule has 0 aliphatic heterocycles. The average molecular weight is 390 g/mol. The third-order valence-corrected chi connectivity index (χ3v) is 4.89. The fraction of sp³-hybridized carbons (Fsp3) is 0.333. The van der Waals surface area contributed by atoms with Gasteiger partial charge in [-0.1, -0.05) is 61.0 Å². The minimum Gasteiger partial charge on any atom is -0.445 e. The van der Waals surface area contributed by atoms with Crippen LogP contribution in [0.1, 0.15) is 30.4 Å². The minimum absolute atomic E-state index is 0.0361. The maximum absolute atomic E-state index is 12.0. The number of hydrogen-bond acceptors (Lipinski definition) is 4. The molecule has 0 spiro atoms. The van der Waals surface area contributed by atoms with Gasteiger partial charge in [0.1, 0.15) is 12.9 Å². The second-order valence-corrected chi connectivity index (χ2v) is 6.88. The van der Waals surface area contributed by atoms with Crippen molar-refractivity contribution in [2.75, 3.05) is 13.2 Å². The van der Waals surface area contributed by atoms with Gasteiger partial charge in [0.25, 0.3) is 0 Å². The Kier molecular flexibility index (Phi) is 7.82. The molecule has 6 heteroatoms. The summed E-state index contributed by atoms with van der Waals surface area (Å²) in [5, 5.41) is 13.1. The first-order valence-electron chi connectivity index (χ1n) is 8.82. The molecule has 0 saturated carbocycles. The topological polar surface area (TPSA) is 75.6 Å². The van der Waals surface area contributed by atoms with E-state index in [2.05, 4.69) is 5.32 Å². The largest absolute Gasteiger partial charge is 0.445 e. The van der Waals surface area contributed by atoms with Crippen LogP contribution in [0.2, 0.25) is 5.02 Å². The van der Waals surface area contributed by atoms with E-state index in [1.54, 1.807) is 18.2 Å². The van der Waals surface area contributed by atoms with Crippen molar-refractivity contribution in [3.05, 3.63) is 70.7 Å². The second-order valence-electron chi connectivity index (χ2n) is 6.44. The lowest BCUT2D eigenvalue weighted by atomic mass is 9.72. The molecule has 0 radical (unpaired) electrons. The zero-order valence-corrected chi connectivity index (χ0v) is 16.0. The summed E-state index contributed by atoms with van der Waals surface area (Å²) < 4.78 is 5.18. The molecule has 2 aromatic rings. The molecule has 2 aromatic carbocycles. The minimum atomic E-state index is -1.16. The highest BCUT2D eigenvalue weighted by molar-refractivity contribution is 6.30. The molecule has 2 N–H and O–H groups in total. The number of nitrogens with one attached hydrogen (secondary N) is 1. The summed E-state index contributed by atoms with van der Waals surface area (Å²) in [5.74, 6) is -0.298. The standard InChI is InChI=1S/C21H24ClNO4/c1-2-19(17-9-6-10-18(22)11-17)21(14-24,15-25)13-23-20(26)27-12-16-7-4-3-5-8-16/h3-11,14,19,25H,2,12-13,15H2,1H3,(H,23,26)/t19-,21-/m0/s1. The van der Waals surface area contributed by atoms with Crippen LogP contribution in [-0.2, 0) is 16.1 Å². The van der Waals surface area contributed by atoms with Gasteiger partial charge in [-0.15, -0.1) is 0 Å². The Morgan fingerprint density at radius 1 is 1.26 bits per heavy atom. The van der Waals surface area contributed by atoms with E-state index in [-0.39, 0.29) is 19.1 Å². The van der Waals surface area contributed by atoms with E-state index in [1.165, 1.54) is 0 Å². The van der Waals surface area contributed by atoms with Crippen LogP contribution in [0.4, 0.5) is 4.79 Å².